The first-order chi connectivity index (χ1) is 12.5. The minimum Gasteiger partial charge on any atom is -0.299 e. The van der Waals surface area contributed by atoms with Crippen molar-refractivity contribution in [1.29, 1.82) is 0 Å². The maximum absolute atomic E-state index is 12.5. The summed E-state index contributed by atoms with van der Waals surface area (Å²) in [5, 5.41) is 10.9. The van der Waals surface area contributed by atoms with Crippen LogP contribution in [0.2, 0.25) is 0 Å². The molecule has 138 valence electrons. The van der Waals surface area contributed by atoms with Gasteiger partial charge in [-0.2, -0.15) is 0 Å². The first-order valence-electron chi connectivity index (χ1n) is 8.49. The first-order valence-corrected chi connectivity index (χ1v) is 9.97. The number of nitro groups is 1. The monoisotopic (exact) mass is 375 g/mol. The molecule has 0 radical (unpaired) electrons. The van der Waals surface area contributed by atoms with Crippen LogP contribution in [-0.2, 0) is 23.1 Å². The maximum Gasteiger partial charge on any atom is 0.270 e. The van der Waals surface area contributed by atoms with Gasteiger partial charge in [-0.1, -0.05) is 30.3 Å². The third-order valence-electron chi connectivity index (χ3n) is 4.50. The summed E-state index contributed by atoms with van der Waals surface area (Å²) >= 11 is 0. The van der Waals surface area contributed by atoms with E-state index in [9.17, 15) is 18.5 Å². The molecular formula is C18H21N3O4S. The number of nitrogens with zero attached hydrogens (tertiary/aromatic N) is 2. The number of likely N-dealkylation sites (tertiary alicyclic amines) is 1. The van der Waals surface area contributed by atoms with E-state index in [4.69, 9.17) is 0 Å². The second kappa shape index (κ2) is 7.94. The number of benzene rings is 2. The quantitative estimate of drug-likeness (QED) is 0.593. The van der Waals surface area contributed by atoms with Gasteiger partial charge in [0, 0.05) is 25.2 Å². The SMILES string of the molecule is O=[N+]([O-])c1cccc(S(=O)(=O)NCc2ccccc2CN2CCCC2)c1. The van der Waals surface area contributed by atoms with Crippen LogP contribution in [0.1, 0.15) is 24.0 Å². The number of hydrogen-bond donors (Lipinski definition) is 1. The molecule has 1 N–H and O–H groups in total. The Balaban J connectivity index is 1.74. The smallest absolute Gasteiger partial charge is 0.270 e. The van der Waals surface area contributed by atoms with E-state index in [1.807, 2.05) is 24.3 Å². The second-order valence-corrected chi connectivity index (χ2v) is 8.10. The van der Waals surface area contributed by atoms with Gasteiger partial charge in [0.15, 0.2) is 0 Å². The van der Waals surface area contributed by atoms with Crippen LogP contribution in [0.25, 0.3) is 0 Å². The van der Waals surface area contributed by atoms with E-state index in [1.54, 1.807) is 0 Å². The molecule has 3 rings (SSSR count). The summed E-state index contributed by atoms with van der Waals surface area (Å²) in [5.41, 5.74) is 1.76. The number of nitro benzene ring substituents is 1. The molecule has 26 heavy (non-hydrogen) atoms. The molecule has 1 heterocycles. The van der Waals surface area contributed by atoms with Gasteiger partial charge in [-0.3, -0.25) is 15.0 Å². The van der Waals surface area contributed by atoms with E-state index < -0.39 is 14.9 Å². The van der Waals surface area contributed by atoms with Crippen LogP contribution in [0.15, 0.2) is 53.4 Å². The molecule has 7 nitrogen and oxygen atoms in total. The lowest BCUT2D eigenvalue weighted by Gasteiger charge is -2.17. The van der Waals surface area contributed by atoms with Crippen LogP contribution in [0.3, 0.4) is 0 Å². The number of rotatable bonds is 7. The van der Waals surface area contributed by atoms with Gasteiger partial charge >= 0.3 is 0 Å². The summed E-state index contributed by atoms with van der Waals surface area (Å²) in [4.78, 5) is 12.5. The van der Waals surface area contributed by atoms with Crippen molar-refractivity contribution in [2.75, 3.05) is 13.1 Å². The predicted molar refractivity (Wildman–Crippen MR) is 98.1 cm³/mol. The van der Waals surface area contributed by atoms with Crippen LogP contribution in [-0.4, -0.2) is 31.3 Å². The third kappa shape index (κ3) is 4.46. The van der Waals surface area contributed by atoms with Gasteiger partial charge in [-0.05, 0) is 43.1 Å². The molecule has 1 aliphatic heterocycles. The van der Waals surface area contributed by atoms with E-state index in [1.165, 1.54) is 31.0 Å². The number of non-ortho nitro benzene ring substituents is 1. The molecule has 0 bridgehead atoms. The summed E-state index contributed by atoms with van der Waals surface area (Å²) in [7, 11) is -3.83. The summed E-state index contributed by atoms with van der Waals surface area (Å²) in [6.45, 7) is 3.07. The van der Waals surface area contributed by atoms with E-state index in [0.29, 0.717) is 0 Å². The Morgan fingerprint density at radius 1 is 1.04 bits per heavy atom. The predicted octanol–water partition coefficient (Wildman–Crippen LogP) is 2.67. The molecule has 0 atom stereocenters. The largest absolute Gasteiger partial charge is 0.299 e. The molecule has 0 amide bonds. The fraction of sp³-hybridized carbons (Fsp3) is 0.333. The van der Waals surface area contributed by atoms with Gasteiger partial charge in [-0.15, -0.1) is 0 Å². The molecule has 8 heteroatoms. The van der Waals surface area contributed by atoms with Crippen molar-refractivity contribution < 1.29 is 13.3 Å². The Morgan fingerprint density at radius 2 is 1.73 bits per heavy atom. The molecule has 2 aromatic carbocycles. The molecule has 0 saturated carbocycles. The van der Waals surface area contributed by atoms with Crippen LogP contribution in [0.5, 0.6) is 0 Å². The molecule has 0 unspecified atom stereocenters. The Labute approximate surface area is 152 Å². The molecule has 0 spiro atoms. The number of sulfonamides is 1. The molecule has 0 aliphatic carbocycles. The molecule has 2 aromatic rings. The van der Waals surface area contributed by atoms with Crippen molar-refractivity contribution in [2.45, 2.75) is 30.8 Å². The zero-order valence-electron chi connectivity index (χ0n) is 14.3. The summed E-state index contributed by atoms with van der Waals surface area (Å²) < 4.78 is 27.5. The van der Waals surface area contributed by atoms with Crippen LogP contribution in [0, 0.1) is 10.1 Å². The average Bonchev–Trinajstić information content (AvgIpc) is 3.14. The van der Waals surface area contributed by atoms with Gasteiger partial charge in [0.2, 0.25) is 10.0 Å². The fourth-order valence-corrected chi connectivity index (χ4v) is 4.13. The Hall–Kier alpha value is -2.29. The minimum atomic E-state index is -3.83. The highest BCUT2D eigenvalue weighted by atomic mass is 32.2. The van der Waals surface area contributed by atoms with Crippen molar-refractivity contribution in [1.82, 2.24) is 9.62 Å². The van der Waals surface area contributed by atoms with E-state index in [0.717, 1.165) is 36.8 Å². The standard InChI is InChI=1S/C18H21N3O4S/c22-21(23)17-8-5-9-18(12-17)26(24,25)19-13-15-6-1-2-7-16(15)14-20-10-3-4-11-20/h1-2,5-9,12,19H,3-4,10-11,13-14H2. The highest BCUT2D eigenvalue weighted by molar-refractivity contribution is 7.89. The lowest BCUT2D eigenvalue weighted by Crippen LogP contribution is -2.25. The Kier molecular flexibility index (Phi) is 5.65. The van der Waals surface area contributed by atoms with Gasteiger partial charge in [0.25, 0.3) is 5.69 Å². The second-order valence-electron chi connectivity index (χ2n) is 6.33. The van der Waals surface area contributed by atoms with Crippen molar-refractivity contribution in [2.24, 2.45) is 0 Å². The van der Waals surface area contributed by atoms with Gasteiger partial charge < -0.3 is 0 Å². The third-order valence-corrected chi connectivity index (χ3v) is 5.90. The molecule has 1 fully saturated rings. The van der Waals surface area contributed by atoms with Crippen molar-refractivity contribution in [3.63, 3.8) is 0 Å². The molecule has 1 saturated heterocycles. The maximum atomic E-state index is 12.5. The van der Waals surface area contributed by atoms with Crippen LogP contribution >= 0.6 is 0 Å². The average molecular weight is 375 g/mol. The first kappa shape index (κ1) is 18.5. The summed E-state index contributed by atoms with van der Waals surface area (Å²) in [6.07, 6.45) is 2.39. The van der Waals surface area contributed by atoms with Crippen molar-refractivity contribution in [3.05, 3.63) is 69.8 Å². The Morgan fingerprint density at radius 3 is 2.42 bits per heavy atom. The summed E-state index contributed by atoms with van der Waals surface area (Å²) in [6, 6.07) is 12.8. The van der Waals surface area contributed by atoms with E-state index >= 15 is 0 Å². The van der Waals surface area contributed by atoms with Crippen LogP contribution in [0.4, 0.5) is 5.69 Å². The van der Waals surface area contributed by atoms with E-state index in [2.05, 4.69) is 9.62 Å². The highest BCUT2D eigenvalue weighted by Crippen LogP contribution is 2.19. The van der Waals surface area contributed by atoms with Gasteiger partial charge in [-0.25, -0.2) is 13.1 Å². The molecule has 1 aliphatic rings. The van der Waals surface area contributed by atoms with Crippen LogP contribution < -0.4 is 4.72 Å². The van der Waals surface area contributed by atoms with Gasteiger partial charge in [0.05, 0.1) is 9.82 Å². The highest BCUT2D eigenvalue weighted by Gasteiger charge is 2.19. The normalized spacial score (nSPS) is 15.2. The number of hydrogen-bond acceptors (Lipinski definition) is 5. The number of nitrogens with one attached hydrogen (secondary N) is 1. The fourth-order valence-electron chi connectivity index (χ4n) is 3.09. The lowest BCUT2D eigenvalue weighted by atomic mass is 10.1. The van der Waals surface area contributed by atoms with Crippen molar-refractivity contribution >= 4 is 15.7 Å². The minimum absolute atomic E-state index is 0.108. The van der Waals surface area contributed by atoms with E-state index in [-0.39, 0.29) is 17.1 Å². The molecule has 0 aromatic heterocycles. The zero-order chi connectivity index (χ0) is 18.6. The molecular weight excluding hydrogens is 354 g/mol. The lowest BCUT2D eigenvalue weighted by molar-refractivity contribution is -0.385. The van der Waals surface area contributed by atoms with Crippen molar-refractivity contribution in [3.8, 4) is 0 Å². The van der Waals surface area contributed by atoms with Gasteiger partial charge in [0.1, 0.15) is 0 Å². The Bertz CT molecular complexity index is 893. The summed E-state index contributed by atoms with van der Waals surface area (Å²) in [5.74, 6) is 0. The zero-order valence-corrected chi connectivity index (χ0v) is 15.1. The topological polar surface area (TPSA) is 92.5 Å².